The summed E-state index contributed by atoms with van der Waals surface area (Å²) in [4.78, 5) is 14.3. The number of aromatic amines is 1. The molecular weight excluding hydrogens is 258 g/mol. The van der Waals surface area contributed by atoms with Crippen LogP contribution in [0.15, 0.2) is 29.1 Å². The van der Waals surface area contributed by atoms with Crippen LogP contribution in [0, 0.1) is 5.92 Å². The number of likely N-dealkylation sites (tertiary alicyclic amines) is 1. The summed E-state index contributed by atoms with van der Waals surface area (Å²) in [6, 6.07) is 3.92. The van der Waals surface area contributed by atoms with Gasteiger partial charge in [0, 0.05) is 30.4 Å². The van der Waals surface area contributed by atoms with Gasteiger partial charge in [-0.25, -0.2) is 0 Å². The molecule has 1 aliphatic rings. The van der Waals surface area contributed by atoms with Gasteiger partial charge in [0.15, 0.2) is 0 Å². The van der Waals surface area contributed by atoms with Gasteiger partial charge in [0.05, 0.1) is 5.56 Å². The number of piperidine rings is 1. The van der Waals surface area contributed by atoms with Crippen LogP contribution in [0.25, 0.3) is 0 Å². The molecule has 0 radical (unpaired) electrons. The topological polar surface area (TPSA) is 49.0 Å². The van der Waals surface area contributed by atoms with E-state index in [-0.39, 0.29) is 5.91 Å². The third-order valence-electron chi connectivity index (χ3n) is 3.64. The third-order valence-corrected chi connectivity index (χ3v) is 4.32. The summed E-state index contributed by atoms with van der Waals surface area (Å²) in [6.45, 7) is 1.74. The lowest BCUT2D eigenvalue weighted by molar-refractivity contribution is 0.0673. The van der Waals surface area contributed by atoms with Gasteiger partial charge < -0.3 is 4.90 Å². The number of aromatic nitrogens is 2. The van der Waals surface area contributed by atoms with Crippen LogP contribution < -0.4 is 0 Å². The molecule has 1 fully saturated rings. The lowest BCUT2D eigenvalue weighted by Crippen LogP contribution is -2.40. The monoisotopic (exact) mass is 275 g/mol. The van der Waals surface area contributed by atoms with Crippen LogP contribution in [0.1, 0.15) is 28.9 Å². The summed E-state index contributed by atoms with van der Waals surface area (Å²) in [5, 5.41) is 10.9. The second kappa shape index (κ2) is 5.57. The minimum atomic E-state index is 0.176. The molecule has 3 rings (SSSR count). The summed E-state index contributed by atoms with van der Waals surface area (Å²) in [5.41, 5.74) is 1.99. The van der Waals surface area contributed by atoms with E-state index in [4.69, 9.17) is 0 Å². The lowest BCUT2D eigenvalue weighted by Gasteiger charge is -2.32. The van der Waals surface area contributed by atoms with Gasteiger partial charge >= 0.3 is 0 Å². The van der Waals surface area contributed by atoms with Gasteiger partial charge in [0.1, 0.15) is 0 Å². The average Bonchev–Trinajstić information content (AvgIpc) is 3.11. The number of rotatable bonds is 3. The summed E-state index contributed by atoms with van der Waals surface area (Å²) >= 11 is 1.58. The number of amides is 1. The number of carbonyl (C=O) groups excluding carboxylic acids is 1. The van der Waals surface area contributed by atoms with Gasteiger partial charge in [-0.05, 0) is 42.7 Å². The van der Waals surface area contributed by atoms with Crippen molar-refractivity contribution in [3.8, 4) is 0 Å². The van der Waals surface area contributed by atoms with E-state index in [9.17, 15) is 4.79 Å². The second-order valence-corrected chi connectivity index (χ2v) is 5.84. The quantitative estimate of drug-likeness (QED) is 0.936. The van der Waals surface area contributed by atoms with Crippen molar-refractivity contribution in [1.29, 1.82) is 0 Å². The Labute approximate surface area is 116 Å². The Morgan fingerprint density at radius 3 is 3.21 bits per heavy atom. The maximum Gasteiger partial charge on any atom is 0.254 e. The van der Waals surface area contributed by atoms with E-state index >= 15 is 0 Å². The predicted molar refractivity (Wildman–Crippen MR) is 75.2 cm³/mol. The van der Waals surface area contributed by atoms with Gasteiger partial charge in [-0.1, -0.05) is 0 Å². The van der Waals surface area contributed by atoms with E-state index in [0.29, 0.717) is 5.92 Å². The van der Waals surface area contributed by atoms with Gasteiger partial charge in [0.2, 0.25) is 0 Å². The molecule has 1 amide bonds. The maximum atomic E-state index is 12.3. The average molecular weight is 275 g/mol. The molecule has 2 aromatic rings. The van der Waals surface area contributed by atoms with Crippen molar-refractivity contribution in [2.45, 2.75) is 19.3 Å². The Morgan fingerprint density at radius 1 is 1.53 bits per heavy atom. The first-order chi connectivity index (χ1) is 9.33. The molecule has 100 valence electrons. The van der Waals surface area contributed by atoms with Crippen LogP contribution in [0.4, 0.5) is 0 Å². The minimum Gasteiger partial charge on any atom is -0.338 e. The molecule has 0 aliphatic carbocycles. The Morgan fingerprint density at radius 2 is 2.47 bits per heavy atom. The molecule has 0 bridgehead atoms. The van der Waals surface area contributed by atoms with Crippen LogP contribution in [0.3, 0.4) is 0 Å². The van der Waals surface area contributed by atoms with Gasteiger partial charge in [-0.15, -0.1) is 0 Å². The molecule has 1 N–H and O–H groups in total. The van der Waals surface area contributed by atoms with Crippen molar-refractivity contribution in [2.75, 3.05) is 13.1 Å². The molecule has 1 saturated heterocycles. The minimum absolute atomic E-state index is 0.176. The van der Waals surface area contributed by atoms with Crippen molar-refractivity contribution in [3.63, 3.8) is 0 Å². The first kappa shape index (κ1) is 12.4. The largest absolute Gasteiger partial charge is 0.338 e. The molecule has 0 spiro atoms. The van der Waals surface area contributed by atoms with Crippen LogP contribution in [0.2, 0.25) is 0 Å². The Hall–Kier alpha value is -1.62. The molecule has 2 aromatic heterocycles. The highest BCUT2D eigenvalue weighted by atomic mass is 32.1. The molecule has 5 heteroatoms. The van der Waals surface area contributed by atoms with E-state index in [0.717, 1.165) is 37.2 Å². The molecule has 1 atom stereocenters. The molecule has 0 unspecified atom stereocenters. The third kappa shape index (κ3) is 2.87. The normalized spacial score (nSPS) is 19.6. The van der Waals surface area contributed by atoms with E-state index in [2.05, 4.69) is 10.2 Å². The van der Waals surface area contributed by atoms with E-state index in [1.54, 1.807) is 17.5 Å². The van der Waals surface area contributed by atoms with Crippen molar-refractivity contribution in [1.82, 2.24) is 15.1 Å². The number of H-pyrrole nitrogens is 1. The smallest absolute Gasteiger partial charge is 0.254 e. The highest BCUT2D eigenvalue weighted by Crippen LogP contribution is 2.22. The highest BCUT2D eigenvalue weighted by molar-refractivity contribution is 7.08. The van der Waals surface area contributed by atoms with Crippen molar-refractivity contribution in [3.05, 3.63) is 40.3 Å². The first-order valence-electron chi connectivity index (χ1n) is 6.62. The Kier molecular flexibility index (Phi) is 3.64. The molecule has 1 aliphatic heterocycles. The Balaban J connectivity index is 1.63. The zero-order valence-corrected chi connectivity index (χ0v) is 11.5. The molecule has 0 aromatic carbocycles. The molecule has 0 saturated carbocycles. The van der Waals surface area contributed by atoms with Crippen LogP contribution in [-0.4, -0.2) is 34.1 Å². The fraction of sp³-hybridized carbons (Fsp3) is 0.429. The van der Waals surface area contributed by atoms with Crippen molar-refractivity contribution >= 4 is 17.2 Å². The molecule has 19 heavy (non-hydrogen) atoms. The summed E-state index contributed by atoms with van der Waals surface area (Å²) < 4.78 is 0. The molecular formula is C14H17N3OS. The van der Waals surface area contributed by atoms with Crippen molar-refractivity contribution < 1.29 is 4.79 Å². The summed E-state index contributed by atoms with van der Waals surface area (Å²) in [6.07, 6.45) is 5.04. The Bertz CT molecular complexity index is 521. The summed E-state index contributed by atoms with van der Waals surface area (Å²) in [7, 11) is 0. The van der Waals surface area contributed by atoms with Crippen molar-refractivity contribution in [2.24, 2.45) is 5.92 Å². The standard InChI is InChI=1S/C14H17N3OS/c18-14(12-4-7-19-10-12)17-6-1-2-11(9-17)8-13-3-5-15-16-13/h3-5,7,10-11H,1-2,6,8-9H2,(H,15,16)/t11-/m0/s1. The predicted octanol–water partition coefficient (Wildman–Crippen LogP) is 2.57. The zero-order chi connectivity index (χ0) is 13.1. The summed E-state index contributed by atoms with van der Waals surface area (Å²) in [5.74, 6) is 0.715. The molecule has 4 nitrogen and oxygen atoms in total. The first-order valence-corrected chi connectivity index (χ1v) is 7.57. The fourth-order valence-corrected chi connectivity index (χ4v) is 3.32. The SMILES string of the molecule is O=C(c1ccsc1)N1CCC[C@@H](Cc2ccn[nH]2)C1. The number of hydrogen-bond donors (Lipinski definition) is 1. The number of hydrogen-bond acceptors (Lipinski definition) is 3. The van der Waals surface area contributed by atoms with Gasteiger partial charge in [0.25, 0.3) is 5.91 Å². The fourth-order valence-electron chi connectivity index (χ4n) is 2.69. The maximum absolute atomic E-state index is 12.3. The van der Waals surface area contributed by atoms with Crippen LogP contribution >= 0.6 is 11.3 Å². The highest BCUT2D eigenvalue weighted by Gasteiger charge is 2.24. The van der Waals surface area contributed by atoms with Crippen LogP contribution in [-0.2, 0) is 6.42 Å². The van der Waals surface area contributed by atoms with E-state index in [1.807, 2.05) is 27.8 Å². The second-order valence-electron chi connectivity index (χ2n) is 5.06. The molecule has 3 heterocycles. The van der Waals surface area contributed by atoms with Gasteiger partial charge in [-0.2, -0.15) is 16.4 Å². The van der Waals surface area contributed by atoms with E-state index < -0.39 is 0 Å². The van der Waals surface area contributed by atoms with Gasteiger partial charge in [-0.3, -0.25) is 9.89 Å². The van der Waals surface area contributed by atoms with Crippen LogP contribution in [0.5, 0.6) is 0 Å². The number of thiophene rings is 1. The number of carbonyl (C=O) groups is 1. The van der Waals surface area contributed by atoms with E-state index in [1.165, 1.54) is 6.42 Å². The lowest BCUT2D eigenvalue weighted by atomic mass is 9.93. The number of nitrogens with one attached hydrogen (secondary N) is 1. The number of nitrogens with zero attached hydrogens (tertiary/aromatic N) is 2. The zero-order valence-electron chi connectivity index (χ0n) is 10.7.